The molecule has 2 rings (SSSR count). The van der Waals surface area contributed by atoms with E-state index >= 15 is 0 Å². The highest BCUT2D eigenvalue weighted by Crippen LogP contribution is 2.28. The quantitative estimate of drug-likeness (QED) is 0.871. The zero-order chi connectivity index (χ0) is 14.5. The number of hydrogen-bond acceptors (Lipinski definition) is 3. The summed E-state index contributed by atoms with van der Waals surface area (Å²) >= 11 is 6.15. The minimum Gasteiger partial charge on any atom is -0.380 e. The number of benzene rings is 1. The maximum atomic E-state index is 6.15. The van der Waals surface area contributed by atoms with Crippen molar-refractivity contribution in [2.24, 2.45) is 5.92 Å². The monoisotopic (exact) mass is 296 g/mol. The Kier molecular flexibility index (Phi) is 5.70. The zero-order valence-electron chi connectivity index (χ0n) is 12.7. The Balaban J connectivity index is 2.07. The summed E-state index contributed by atoms with van der Waals surface area (Å²) in [6.45, 7) is 8.34. The molecule has 1 atom stereocenters. The minimum absolute atomic E-state index is 0.349. The first kappa shape index (κ1) is 15.6. The van der Waals surface area contributed by atoms with Crippen molar-refractivity contribution in [1.29, 1.82) is 0 Å². The summed E-state index contributed by atoms with van der Waals surface area (Å²) in [4.78, 5) is 2.40. The van der Waals surface area contributed by atoms with Gasteiger partial charge in [0.05, 0.1) is 6.10 Å². The number of rotatable bonds is 6. The fraction of sp³-hybridized carbons (Fsp3) is 0.625. The zero-order valence-corrected chi connectivity index (χ0v) is 13.4. The van der Waals surface area contributed by atoms with Crippen molar-refractivity contribution in [3.63, 3.8) is 0 Å². The third kappa shape index (κ3) is 4.11. The molecular weight excluding hydrogens is 272 g/mol. The lowest BCUT2D eigenvalue weighted by atomic mass is 10.1. The highest BCUT2D eigenvalue weighted by molar-refractivity contribution is 6.30. The van der Waals surface area contributed by atoms with Crippen molar-refractivity contribution in [2.75, 3.05) is 31.6 Å². The van der Waals surface area contributed by atoms with Gasteiger partial charge in [0.1, 0.15) is 0 Å². The van der Waals surface area contributed by atoms with Gasteiger partial charge in [-0.3, -0.25) is 0 Å². The van der Waals surface area contributed by atoms with Gasteiger partial charge in [0, 0.05) is 37.5 Å². The number of nitrogens with one attached hydrogen (secondary N) is 1. The van der Waals surface area contributed by atoms with Crippen LogP contribution in [0.25, 0.3) is 0 Å². The van der Waals surface area contributed by atoms with Gasteiger partial charge in [-0.15, -0.1) is 0 Å². The molecular formula is C16H25ClN2O. The predicted octanol–water partition coefficient (Wildman–Crippen LogP) is 3.31. The van der Waals surface area contributed by atoms with Crippen LogP contribution in [0.3, 0.4) is 0 Å². The van der Waals surface area contributed by atoms with Crippen molar-refractivity contribution in [2.45, 2.75) is 32.9 Å². The van der Waals surface area contributed by atoms with E-state index in [4.69, 9.17) is 16.3 Å². The van der Waals surface area contributed by atoms with Crippen molar-refractivity contribution >= 4 is 17.3 Å². The summed E-state index contributed by atoms with van der Waals surface area (Å²) in [5.74, 6) is 0.655. The lowest BCUT2D eigenvalue weighted by Crippen LogP contribution is -2.25. The van der Waals surface area contributed by atoms with Gasteiger partial charge in [0.25, 0.3) is 0 Å². The first-order valence-electron chi connectivity index (χ1n) is 7.37. The van der Waals surface area contributed by atoms with Crippen LogP contribution in [0.1, 0.15) is 25.8 Å². The second-order valence-corrected chi connectivity index (χ2v) is 6.33. The third-order valence-electron chi connectivity index (χ3n) is 3.73. The van der Waals surface area contributed by atoms with E-state index in [1.165, 1.54) is 11.3 Å². The number of ether oxygens (including phenoxy) is 1. The van der Waals surface area contributed by atoms with E-state index in [1.807, 2.05) is 6.07 Å². The number of halogens is 1. The van der Waals surface area contributed by atoms with E-state index < -0.39 is 0 Å². The van der Waals surface area contributed by atoms with Crippen LogP contribution in [0.5, 0.6) is 0 Å². The first-order chi connectivity index (χ1) is 9.60. The van der Waals surface area contributed by atoms with Crippen molar-refractivity contribution < 1.29 is 4.74 Å². The number of hydrogen-bond donors (Lipinski definition) is 1. The Morgan fingerprint density at radius 1 is 1.45 bits per heavy atom. The van der Waals surface area contributed by atoms with Gasteiger partial charge in [-0.1, -0.05) is 25.4 Å². The second-order valence-electron chi connectivity index (χ2n) is 5.89. The fourth-order valence-electron chi connectivity index (χ4n) is 2.64. The molecule has 0 amide bonds. The van der Waals surface area contributed by atoms with Gasteiger partial charge in [-0.05, 0) is 42.6 Å². The van der Waals surface area contributed by atoms with E-state index in [0.29, 0.717) is 12.0 Å². The molecule has 1 N–H and O–H groups in total. The predicted molar refractivity (Wildman–Crippen MR) is 85.6 cm³/mol. The molecule has 4 heteroatoms. The molecule has 1 fully saturated rings. The molecule has 0 aromatic heterocycles. The third-order valence-corrected chi connectivity index (χ3v) is 3.96. The lowest BCUT2D eigenvalue weighted by molar-refractivity contribution is 0.121. The van der Waals surface area contributed by atoms with Gasteiger partial charge in [0.15, 0.2) is 0 Å². The maximum absolute atomic E-state index is 6.15. The fourth-order valence-corrected chi connectivity index (χ4v) is 2.83. The van der Waals surface area contributed by atoms with Gasteiger partial charge in [0.2, 0.25) is 0 Å². The van der Waals surface area contributed by atoms with E-state index in [2.05, 4.69) is 36.2 Å². The second kappa shape index (κ2) is 7.30. The van der Waals surface area contributed by atoms with Gasteiger partial charge in [-0.2, -0.15) is 0 Å². The topological polar surface area (TPSA) is 24.5 Å². The molecule has 1 aromatic rings. The van der Waals surface area contributed by atoms with E-state index in [0.717, 1.165) is 37.6 Å². The van der Waals surface area contributed by atoms with Crippen LogP contribution < -0.4 is 10.2 Å². The highest BCUT2D eigenvalue weighted by atomic mass is 35.5. The molecule has 0 radical (unpaired) electrons. The minimum atomic E-state index is 0.349. The summed E-state index contributed by atoms with van der Waals surface area (Å²) in [6.07, 6.45) is 1.44. The Labute approximate surface area is 127 Å². The largest absolute Gasteiger partial charge is 0.380 e. The van der Waals surface area contributed by atoms with Crippen LogP contribution in [0.15, 0.2) is 18.2 Å². The molecule has 1 unspecified atom stereocenters. The van der Waals surface area contributed by atoms with E-state index in [1.54, 1.807) is 7.11 Å². The van der Waals surface area contributed by atoms with E-state index in [-0.39, 0.29) is 0 Å². The molecule has 1 aliphatic rings. The van der Waals surface area contributed by atoms with Gasteiger partial charge in [-0.25, -0.2) is 0 Å². The molecule has 0 spiro atoms. The Morgan fingerprint density at radius 3 is 2.90 bits per heavy atom. The van der Waals surface area contributed by atoms with Crippen molar-refractivity contribution in [3.05, 3.63) is 28.8 Å². The molecule has 1 aromatic carbocycles. The van der Waals surface area contributed by atoms with Crippen LogP contribution in [-0.4, -0.2) is 32.8 Å². The molecule has 1 aliphatic heterocycles. The number of methoxy groups -OCH3 is 1. The van der Waals surface area contributed by atoms with Gasteiger partial charge < -0.3 is 15.0 Å². The van der Waals surface area contributed by atoms with Crippen molar-refractivity contribution in [1.82, 2.24) is 5.32 Å². The number of nitrogens with zero attached hydrogens (tertiary/aromatic N) is 1. The maximum Gasteiger partial charge on any atom is 0.0762 e. The van der Waals surface area contributed by atoms with Crippen LogP contribution >= 0.6 is 11.6 Å². The molecule has 112 valence electrons. The molecule has 1 saturated heterocycles. The molecule has 0 saturated carbocycles. The summed E-state index contributed by atoms with van der Waals surface area (Å²) in [5, 5.41) is 4.30. The molecule has 3 nitrogen and oxygen atoms in total. The Hall–Kier alpha value is -0.770. The highest BCUT2D eigenvalue weighted by Gasteiger charge is 2.23. The average Bonchev–Trinajstić information content (AvgIpc) is 2.87. The Morgan fingerprint density at radius 2 is 2.25 bits per heavy atom. The molecule has 0 aliphatic carbocycles. The molecule has 20 heavy (non-hydrogen) atoms. The normalized spacial score (nSPS) is 19.1. The van der Waals surface area contributed by atoms with Crippen molar-refractivity contribution in [3.8, 4) is 0 Å². The Bertz CT molecular complexity index is 436. The summed E-state index contributed by atoms with van der Waals surface area (Å²) in [6, 6.07) is 6.18. The van der Waals surface area contributed by atoms with Crippen LogP contribution in [-0.2, 0) is 11.3 Å². The van der Waals surface area contributed by atoms with Crippen LogP contribution in [0, 0.1) is 5.92 Å². The lowest BCUT2D eigenvalue weighted by Gasteiger charge is -2.22. The number of anilines is 1. The SMILES string of the molecule is COC1CCN(c2ccc(Cl)cc2CNCC(C)C)C1. The molecule has 0 bridgehead atoms. The summed E-state index contributed by atoms with van der Waals surface area (Å²) in [7, 11) is 1.79. The standard InChI is InChI=1S/C16H25ClN2O/c1-12(2)9-18-10-13-8-14(17)4-5-16(13)19-7-6-15(11-19)20-3/h4-5,8,12,15,18H,6-7,9-11H2,1-3H3. The van der Waals surface area contributed by atoms with Crippen LogP contribution in [0.2, 0.25) is 5.02 Å². The smallest absolute Gasteiger partial charge is 0.0762 e. The van der Waals surface area contributed by atoms with Crippen LogP contribution in [0.4, 0.5) is 5.69 Å². The van der Waals surface area contributed by atoms with Gasteiger partial charge >= 0.3 is 0 Å². The average molecular weight is 297 g/mol. The summed E-state index contributed by atoms with van der Waals surface area (Å²) < 4.78 is 5.46. The molecule has 1 heterocycles. The summed E-state index contributed by atoms with van der Waals surface area (Å²) in [5.41, 5.74) is 2.56. The van der Waals surface area contributed by atoms with E-state index in [9.17, 15) is 0 Å². The first-order valence-corrected chi connectivity index (χ1v) is 7.75.